The van der Waals surface area contributed by atoms with Crippen LogP contribution in [0.4, 0.5) is 18.9 Å². The number of anilines is 1. The lowest BCUT2D eigenvalue weighted by molar-refractivity contribution is -0.274. The van der Waals surface area contributed by atoms with Crippen molar-refractivity contribution in [3.8, 4) is 5.75 Å². The lowest BCUT2D eigenvalue weighted by Crippen LogP contribution is -2.38. The number of nitrogens with one attached hydrogen (secondary N) is 1. The Morgan fingerprint density at radius 3 is 2.67 bits per heavy atom. The van der Waals surface area contributed by atoms with Crippen LogP contribution in [0.1, 0.15) is 12.8 Å². The minimum absolute atomic E-state index is 0.0182. The molecule has 0 saturated carbocycles. The highest BCUT2D eigenvalue weighted by molar-refractivity contribution is 7.91. The molecule has 0 radical (unpaired) electrons. The minimum atomic E-state index is -4.84. The number of alkyl halides is 3. The number of hydrogen-bond donors (Lipinski definition) is 1. The fourth-order valence-electron chi connectivity index (χ4n) is 3.30. The molecule has 0 bridgehead atoms. The average molecular weight is 406 g/mol. The molecule has 2 amide bonds. The van der Waals surface area contributed by atoms with Crippen LogP contribution >= 0.6 is 0 Å². The maximum atomic E-state index is 12.4. The van der Waals surface area contributed by atoms with Crippen molar-refractivity contribution in [2.24, 2.45) is 5.92 Å². The summed E-state index contributed by atoms with van der Waals surface area (Å²) in [4.78, 5) is 25.9. The van der Waals surface area contributed by atoms with Crippen LogP contribution in [0.5, 0.6) is 5.75 Å². The molecule has 2 fully saturated rings. The van der Waals surface area contributed by atoms with E-state index >= 15 is 0 Å². The van der Waals surface area contributed by atoms with Crippen molar-refractivity contribution in [1.82, 2.24) is 4.90 Å². The van der Waals surface area contributed by atoms with Gasteiger partial charge in [0.05, 0.1) is 17.4 Å². The van der Waals surface area contributed by atoms with E-state index in [1.54, 1.807) is 0 Å². The van der Waals surface area contributed by atoms with E-state index in [9.17, 15) is 31.2 Å². The zero-order valence-corrected chi connectivity index (χ0v) is 14.8. The van der Waals surface area contributed by atoms with E-state index in [4.69, 9.17) is 0 Å². The highest BCUT2D eigenvalue weighted by atomic mass is 32.2. The number of ether oxygens (including phenoxy) is 1. The molecule has 7 nitrogen and oxygen atoms in total. The summed E-state index contributed by atoms with van der Waals surface area (Å²) in [6.07, 6.45) is -4.57. The lowest BCUT2D eigenvalue weighted by atomic mass is 10.1. The van der Waals surface area contributed by atoms with Crippen molar-refractivity contribution in [3.05, 3.63) is 24.3 Å². The summed E-state index contributed by atoms with van der Waals surface area (Å²) in [6, 6.07) is 4.41. The third-order valence-electron chi connectivity index (χ3n) is 4.51. The van der Waals surface area contributed by atoms with E-state index in [-0.39, 0.29) is 36.1 Å². The number of hydrogen-bond acceptors (Lipinski definition) is 5. The number of halogens is 3. The van der Waals surface area contributed by atoms with Gasteiger partial charge in [0.2, 0.25) is 11.8 Å². The van der Waals surface area contributed by atoms with Gasteiger partial charge in [-0.3, -0.25) is 9.59 Å². The van der Waals surface area contributed by atoms with Crippen molar-refractivity contribution in [2.45, 2.75) is 25.2 Å². The number of likely N-dealkylation sites (tertiary alicyclic amines) is 1. The molecule has 3 rings (SSSR count). The molecule has 2 saturated heterocycles. The first-order chi connectivity index (χ1) is 12.5. The standard InChI is InChI=1S/C16H17F3N2O5S/c17-16(18,19)26-13-3-1-2-11(7-13)20-15(23)10-6-14(22)21(8-10)12-4-5-27(24,25)9-12/h1-3,7,10,12H,4-6,8-9H2,(H,20,23)/t10-,12-/m1/s1. The number of carbonyl (C=O) groups excluding carboxylic acids is 2. The van der Waals surface area contributed by atoms with Gasteiger partial charge in [0.1, 0.15) is 5.75 Å². The average Bonchev–Trinajstić information content (AvgIpc) is 3.08. The van der Waals surface area contributed by atoms with E-state index in [1.807, 2.05) is 0 Å². The van der Waals surface area contributed by atoms with E-state index < -0.39 is 39.8 Å². The molecule has 0 aromatic heterocycles. The first kappa shape index (κ1) is 19.5. The normalized spacial score (nSPS) is 24.9. The van der Waals surface area contributed by atoms with Gasteiger partial charge < -0.3 is 15.0 Å². The fourth-order valence-corrected chi connectivity index (χ4v) is 5.03. The molecule has 0 aliphatic carbocycles. The number of carbonyl (C=O) groups is 2. The predicted octanol–water partition coefficient (Wildman–Crippen LogP) is 1.56. The second-order valence-corrected chi connectivity index (χ2v) is 8.80. The third-order valence-corrected chi connectivity index (χ3v) is 6.26. The molecule has 1 aromatic rings. The number of sulfone groups is 1. The molecular formula is C16H17F3N2O5S. The predicted molar refractivity (Wildman–Crippen MR) is 88.6 cm³/mol. The van der Waals surface area contributed by atoms with Crippen LogP contribution in [0.3, 0.4) is 0 Å². The van der Waals surface area contributed by atoms with Crippen LogP contribution in [0.25, 0.3) is 0 Å². The zero-order valence-electron chi connectivity index (χ0n) is 14.0. The molecule has 2 atom stereocenters. The second-order valence-electron chi connectivity index (χ2n) is 6.57. The van der Waals surface area contributed by atoms with Crippen molar-refractivity contribution in [1.29, 1.82) is 0 Å². The monoisotopic (exact) mass is 406 g/mol. The Balaban J connectivity index is 1.62. The summed E-state index contributed by atoms with van der Waals surface area (Å²) < 4.78 is 63.8. The quantitative estimate of drug-likeness (QED) is 0.819. The smallest absolute Gasteiger partial charge is 0.406 e. The molecule has 2 aliphatic heterocycles. The Labute approximate surface area is 153 Å². The number of benzene rings is 1. The molecular weight excluding hydrogens is 389 g/mol. The van der Waals surface area contributed by atoms with Crippen LogP contribution in [-0.4, -0.2) is 55.6 Å². The van der Waals surface area contributed by atoms with Crippen molar-refractivity contribution in [2.75, 3.05) is 23.4 Å². The number of nitrogens with zero attached hydrogens (tertiary/aromatic N) is 1. The van der Waals surface area contributed by atoms with Gasteiger partial charge in [-0.2, -0.15) is 0 Å². The largest absolute Gasteiger partial charge is 0.573 e. The second kappa shape index (κ2) is 7.02. The van der Waals surface area contributed by atoms with Crippen molar-refractivity contribution >= 4 is 27.3 Å². The number of rotatable bonds is 4. The molecule has 2 aliphatic rings. The van der Waals surface area contributed by atoms with E-state index in [0.717, 1.165) is 12.1 Å². The molecule has 148 valence electrons. The Bertz CT molecular complexity index is 856. The maximum absolute atomic E-state index is 12.4. The van der Waals surface area contributed by atoms with Gasteiger partial charge in [-0.15, -0.1) is 13.2 Å². The fraction of sp³-hybridized carbons (Fsp3) is 0.500. The van der Waals surface area contributed by atoms with Gasteiger partial charge in [0.25, 0.3) is 0 Å². The van der Waals surface area contributed by atoms with E-state index in [1.165, 1.54) is 17.0 Å². The third kappa shape index (κ3) is 4.90. The molecule has 0 unspecified atom stereocenters. The van der Waals surface area contributed by atoms with Gasteiger partial charge in [-0.1, -0.05) is 6.07 Å². The van der Waals surface area contributed by atoms with Gasteiger partial charge >= 0.3 is 6.36 Å². The molecule has 1 aromatic carbocycles. The topological polar surface area (TPSA) is 92.8 Å². The molecule has 27 heavy (non-hydrogen) atoms. The Kier molecular flexibility index (Phi) is 5.06. The van der Waals surface area contributed by atoms with E-state index in [0.29, 0.717) is 6.42 Å². The van der Waals surface area contributed by atoms with Crippen molar-refractivity contribution in [3.63, 3.8) is 0 Å². The first-order valence-electron chi connectivity index (χ1n) is 8.19. The summed E-state index contributed by atoms with van der Waals surface area (Å²) in [7, 11) is -3.16. The van der Waals surface area contributed by atoms with Gasteiger partial charge in [-0.05, 0) is 18.6 Å². The molecule has 11 heteroatoms. The highest BCUT2D eigenvalue weighted by Crippen LogP contribution is 2.28. The van der Waals surface area contributed by atoms with Gasteiger partial charge in [-0.25, -0.2) is 8.42 Å². The SMILES string of the molecule is O=C(Nc1cccc(OC(F)(F)F)c1)[C@@H]1CC(=O)N([C@@H]2CCS(=O)(=O)C2)C1. The Hall–Kier alpha value is -2.30. The van der Waals surface area contributed by atoms with Crippen LogP contribution in [0.15, 0.2) is 24.3 Å². The minimum Gasteiger partial charge on any atom is -0.406 e. The van der Waals surface area contributed by atoms with E-state index in [2.05, 4.69) is 10.1 Å². The Morgan fingerprint density at radius 1 is 1.30 bits per heavy atom. The molecule has 2 heterocycles. The van der Waals surface area contributed by atoms with Crippen LogP contribution < -0.4 is 10.1 Å². The summed E-state index contributed by atoms with van der Waals surface area (Å²) in [5, 5.41) is 2.47. The van der Waals surface area contributed by atoms with Crippen LogP contribution in [0, 0.1) is 5.92 Å². The Morgan fingerprint density at radius 2 is 2.04 bits per heavy atom. The zero-order chi connectivity index (χ0) is 19.8. The van der Waals surface area contributed by atoms with Gasteiger partial charge in [0, 0.05) is 30.8 Å². The first-order valence-corrected chi connectivity index (χ1v) is 10.0. The summed E-state index contributed by atoms with van der Waals surface area (Å²) >= 11 is 0. The summed E-state index contributed by atoms with van der Waals surface area (Å²) in [5.41, 5.74) is 0.107. The highest BCUT2D eigenvalue weighted by Gasteiger charge is 2.42. The van der Waals surface area contributed by atoms with Crippen molar-refractivity contribution < 1.29 is 35.9 Å². The molecule has 1 N–H and O–H groups in total. The lowest BCUT2D eigenvalue weighted by Gasteiger charge is -2.23. The maximum Gasteiger partial charge on any atom is 0.573 e. The summed E-state index contributed by atoms with van der Waals surface area (Å²) in [6.45, 7) is 0.0869. The van der Waals surface area contributed by atoms with Crippen LogP contribution in [-0.2, 0) is 19.4 Å². The van der Waals surface area contributed by atoms with Crippen LogP contribution in [0.2, 0.25) is 0 Å². The van der Waals surface area contributed by atoms with Gasteiger partial charge in [0.15, 0.2) is 9.84 Å². The molecule has 0 spiro atoms. The number of amides is 2. The summed E-state index contributed by atoms with van der Waals surface area (Å²) in [5.74, 6) is -2.08.